The highest BCUT2D eigenvalue weighted by atomic mass is 32.2. The molecule has 5 aliphatic rings. The lowest BCUT2D eigenvalue weighted by Crippen LogP contribution is -2.71. The molecular formula is C41H41FN8O12S. The molecule has 4 N–H and O–H groups in total. The molecule has 2 aromatic carbocycles. The van der Waals surface area contributed by atoms with Gasteiger partial charge in [-0.3, -0.25) is 33.8 Å². The third kappa shape index (κ3) is 8.01. The van der Waals surface area contributed by atoms with Crippen LogP contribution in [0.1, 0.15) is 47.8 Å². The van der Waals surface area contributed by atoms with Crippen LogP contribution in [0.3, 0.4) is 0 Å². The van der Waals surface area contributed by atoms with Crippen molar-refractivity contribution in [2.45, 2.75) is 43.3 Å². The molecule has 4 fully saturated rings. The molecule has 0 bridgehead atoms. The van der Waals surface area contributed by atoms with Crippen LogP contribution in [-0.4, -0.2) is 152 Å². The summed E-state index contributed by atoms with van der Waals surface area (Å²) in [5.74, 6) is -7.05. The monoisotopic (exact) mass is 888 g/mol. The molecule has 63 heavy (non-hydrogen) atoms. The maximum absolute atomic E-state index is 15.5. The van der Waals surface area contributed by atoms with E-state index in [1.54, 1.807) is 46.7 Å². The number of carbonyl (C=O) groups excluding carboxylic acids is 6. The number of benzene rings is 2. The van der Waals surface area contributed by atoms with Crippen molar-refractivity contribution in [3.05, 3.63) is 87.1 Å². The number of urea groups is 1. The van der Waals surface area contributed by atoms with E-state index in [4.69, 9.17) is 4.74 Å². The second kappa shape index (κ2) is 17.1. The van der Waals surface area contributed by atoms with E-state index in [-0.39, 0.29) is 74.3 Å². The van der Waals surface area contributed by atoms with Crippen molar-refractivity contribution in [2.75, 3.05) is 63.1 Å². The number of thioether (sulfide) groups is 1. The van der Waals surface area contributed by atoms with Gasteiger partial charge in [0.05, 0.1) is 11.2 Å². The number of aliphatic carboxylic acids is 1. The van der Waals surface area contributed by atoms with E-state index in [9.17, 15) is 53.4 Å². The van der Waals surface area contributed by atoms with Crippen LogP contribution < -0.4 is 21.0 Å². The summed E-state index contributed by atoms with van der Waals surface area (Å²) in [5, 5.41) is 24.0. The first-order valence-electron chi connectivity index (χ1n) is 20.1. The number of piperazine rings is 2. The Morgan fingerprint density at radius 2 is 1.63 bits per heavy atom. The van der Waals surface area contributed by atoms with E-state index in [1.807, 2.05) is 0 Å². The summed E-state index contributed by atoms with van der Waals surface area (Å²) in [4.78, 5) is 122. The number of rotatable bonds is 11. The maximum atomic E-state index is 15.5. The van der Waals surface area contributed by atoms with Gasteiger partial charge in [0.15, 0.2) is 0 Å². The molecule has 20 nitrogen and oxygen atoms in total. The minimum absolute atomic E-state index is 0.0104. The molecule has 3 atom stereocenters. The number of fused-ring (bicyclic) bond motifs is 2. The average Bonchev–Trinajstić information content (AvgIpc) is 4.13. The highest BCUT2D eigenvalue weighted by Crippen LogP contribution is 2.41. The van der Waals surface area contributed by atoms with Crippen molar-refractivity contribution in [2.24, 2.45) is 0 Å². The first-order chi connectivity index (χ1) is 30.2. The van der Waals surface area contributed by atoms with Gasteiger partial charge in [-0.25, -0.2) is 23.6 Å². The molecule has 1 aromatic heterocycles. The molecule has 22 heteroatoms. The van der Waals surface area contributed by atoms with E-state index < -0.39 is 94.3 Å². The summed E-state index contributed by atoms with van der Waals surface area (Å²) >= 11 is 1.13. The quantitative estimate of drug-likeness (QED) is 0.157. The van der Waals surface area contributed by atoms with Gasteiger partial charge in [0.1, 0.15) is 41.1 Å². The fraction of sp³-hybridized carbons (Fsp3) is 0.390. The molecule has 8 rings (SSSR count). The number of anilines is 1. The van der Waals surface area contributed by atoms with Gasteiger partial charge < -0.3 is 44.9 Å². The number of carboxylic acids is 2. The zero-order valence-corrected chi connectivity index (χ0v) is 34.5. The second-order valence-electron chi connectivity index (χ2n) is 15.5. The number of halogens is 1. The molecule has 3 aromatic rings. The number of imide groups is 1. The summed E-state index contributed by atoms with van der Waals surface area (Å²) in [7, 11) is 0. The van der Waals surface area contributed by atoms with Crippen molar-refractivity contribution in [3.8, 4) is 0 Å². The molecular weight excluding hydrogens is 848 g/mol. The molecule has 3 saturated heterocycles. The van der Waals surface area contributed by atoms with E-state index >= 15 is 4.39 Å². The van der Waals surface area contributed by atoms with Gasteiger partial charge in [0.25, 0.3) is 5.91 Å². The Labute approximate surface area is 361 Å². The lowest BCUT2D eigenvalue weighted by molar-refractivity contribution is -0.153. The van der Waals surface area contributed by atoms with Crippen molar-refractivity contribution >= 4 is 76.0 Å². The number of β-lactam (4-membered cyclic amide) rings is 1. The lowest BCUT2D eigenvalue weighted by Gasteiger charge is -2.49. The van der Waals surface area contributed by atoms with Crippen LogP contribution in [0.2, 0.25) is 0 Å². The van der Waals surface area contributed by atoms with E-state index in [0.717, 1.165) is 35.6 Å². The van der Waals surface area contributed by atoms with Gasteiger partial charge in [-0.2, -0.15) is 0 Å². The van der Waals surface area contributed by atoms with Gasteiger partial charge in [-0.05, 0) is 37.5 Å². The van der Waals surface area contributed by atoms with Crippen LogP contribution in [0.25, 0.3) is 10.9 Å². The molecule has 330 valence electrons. The highest BCUT2D eigenvalue weighted by Gasteiger charge is 2.55. The fourth-order valence-electron chi connectivity index (χ4n) is 8.13. The molecule has 0 radical (unpaired) electrons. The zero-order valence-electron chi connectivity index (χ0n) is 33.7. The predicted octanol–water partition coefficient (Wildman–Crippen LogP) is 1.31. The number of nitrogens with zero attached hydrogens (tertiary/aromatic N) is 6. The number of carboxylic acid groups (broad SMARTS) is 2. The van der Waals surface area contributed by atoms with Crippen molar-refractivity contribution in [3.63, 3.8) is 0 Å². The number of nitrogens with one attached hydrogen (secondary N) is 2. The molecule has 5 heterocycles. The number of ether oxygens (including phenoxy) is 1. The van der Waals surface area contributed by atoms with E-state index in [0.29, 0.717) is 16.0 Å². The van der Waals surface area contributed by atoms with Gasteiger partial charge >= 0.3 is 35.9 Å². The van der Waals surface area contributed by atoms with Crippen LogP contribution in [-0.2, 0) is 28.7 Å². The Hall–Kier alpha value is -6.97. The second-order valence-corrected chi connectivity index (χ2v) is 16.6. The fourth-order valence-corrected chi connectivity index (χ4v) is 9.45. The Balaban J connectivity index is 0.895. The number of aromatic nitrogens is 1. The van der Waals surface area contributed by atoms with Crippen molar-refractivity contribution < 1.29 is 57.7 Å². The number of aromatic carboxylic acids is 1. The summed E-state index contributed by atoms with van der Waals surface area (Å²) in [6, 6.07) is 6.98. The first-order valence-corrected chi connectivity index (χ1v) is 21.2. The normalized spacial score (nSPS) is 20.6. The van der Waals surface area contributed by atoms with Gasteiger partial charge in [0.2, 0.25) is 11.3 Å². The van der Waals surface area contributed by atoms with E-state index in [1.165, 1.54) is 22.1 Å². The topological polar surface area (TPSA) is 249 Å². The lowest BCUT2D eigenvalue weighted by atomic mass is 10.0. The molecule has 7 amide bonds. The maximum Gasteiger partial charge on any atom is 0.410 e. The predicted molar refractivity (Wildman–Crippen MR) is 220 cm³/mol. The van der Waals surface area contributed by atoms with Crippen LogP contribution in [0, 0.1) is 5.82 Å². The summed E-state index contributed by atoms with van der Waals surface area (Å²) in [6.45, 7) is 2.08. The Morgan fingerprint density at radius 1 is 0.921 bits per heavy atom. The average molecular weight is 889 g/mol. The van der Waals surface area contributed by atoms with Crippen LogP contribution >= 0.6 is 11.8 Å². The van der Waals surface area contributed by atoms with Crippen molar-refractivity contribution in [1.29, 1.82) is 0 Å². The van der Waals surface area contributed by atoms with Crippen LogP contribution in [0.4, 0.5) is 19.7 Å². The standard InChI is InChI=1S/C41H41FN8O12S/c1-2-45-14-15-48(36(55)35(45)54)40(60)44-29(21-6-4-3-5-7-21)33(52)43-30-34(53)50-31(39(58)59)22(20-63-37(30)50)19-62-41(61)47-12-10-46(11-13-47)28-17-27-24(16-26(28)42)32(51)25(38(56)57)18-49(27)23-8-9-23/h3-7,16-18,23,29-30,37H,2,8-15,19-20H2,1H3,(H,43,52)(H,44,60)(H,56,57)(H,58,59)/t29-,30-,37-/m1/s1. The number of hydrogen-bond donors (Lipinski definition) is 4. The summed E-state index contributed by atoms with van der Waals surface area (Å²) in [6.07, 6.45) is 2.10. The molecule has 0 unspecified atom stereocenters. The SMILES string of the molecule is CCN1CCN(C(=O)N[C@@H](C(=O)N[C@@H]2C(=O)N3C(C(=O)O)=C(COC(=O)N4CCN(c5cc6c(cc5F)c(=O)c(C(=O)O)cn6C5CC5)CC4)CS[C@H]23)c2ccccc2)C(=O)C1=O. The van der Waals surface area contributed by atoms with Crippen LogP contribution in [0.5, 0.6) is 0 Å². The Bertz CT molecular complexity index is 2560. The summed E-state index contributed by atoms with van der Waals surface area (Å²) < 4.78 is 22.7. The first kappa shape index (κ1) is 42.7. The third-order valence-electron chi connectivity index (χ3n) is 11.7. The Kier molecular flexibility index (Phi) is 11.6. The number of carbonyl (C=O) groups is 8. The van der Waals surface area contributed by atoms with Crippen LogP contribution in [0.15, 0.2) is 64.7 Å². The molecule has 1 saturated carbocycles. The zero-order chi connectivity index (χ0) is 44.9. The van der Waals surface area contributed by atoms with Gasteiger partial charge in [0, 0.05) is 74.8 Å². The third-order valence-corrected chi connectivity index (χ3v) is 13.0. The smallest absolute Gasteiger partial charge is 0.410 e. The van der Waals surface area contributed by atoms with Crippen molar-refractivity contribution in [1.82, 2.24) is 34.8 Å². The molecule has 0 spiro atoms. The Morgan fingerprint density at radius 3 is 2.29 bits per heavy atom. The largest absolute Gasteiger partial charge is 0.477 e. The molecule has 4 aliphatic heterocycles. The van der Waals surface area contributed by atoms with E-state index in [2.05, 4.69) is 10.6 Å². The van der Waals surface area contributed by atoms with Gasteiger partial charge in [-0.15, -0.1) is 11.8 Å². The number of amides is 7. The minimum Gasteiger partial charge on any atom is -0.477 e. The van der Waals surface area contributed by atoms with Gasteiger partial charge in [-0.1, -0.05) is 30.3 Å². The summed E-state index contributed by atoms with van der Waals surface area (Å²) in [5.41, 5.74) is -0.584. The minimum atomic E-state index is -1.46. The number of likely N-dealkylation sites (N-methyl/N-ethyl adjacent to an activating group) is 1. The highest BCUT2D eigenvalue weighted by molar-refractivity contribution is 8.00. The number of pyridine rings is 1. The molecule has 1 aliphatic carbocycles. The number of hydrogen-bond acceptors (Lipinski definition) is 12.